The first-order valence-corrected chi connectivity index (χ1v) is 10.2. The summed E-state index contributed by atoms with van der Waals surface area (Å²) in [6.07, 6.45) is 7.84. The molecule has 152 valence electrons. The van der Waals surface area contributed by atoms with Crippen molar-refractivity contribution < 1.29 is 9.47 Å². The molecule has 0 radical (unpaired) electrons. The molecule has 4 nitrogen and oxygen atoms in total. The number of hydrogen-bond acceptors (Lipinski definition) is 4. The van der Waals surface area contributed by atoms with Crippen LogP contribution in [0.5, 0.6) is 0 Å². The summed E-state index contributed by atoms with van der Waals surface area (Å²) in [5.74, 6) is 0. The molecular weight excluding hydrogens is 300 g/mol. The third-order valence-electron chi connectivity index (χ3n) is 2.89. The Balaban J connectivity index is -0.000000212. The summed E-state index contributed by atoms with van der Waals surface area (Å²) >= 11 is 0. The third kappa shape index (κ3) is 49.5. The van der Waals surface area contributed by atoms with Gasteiger partial charge in [0, 0.05) is 13.7 Å². The van der Waals surface area contributed by atoms with E-state index in [4.69, 9.17) is 9.47 Å². The topological polar surface area (TPSA) is 42.5 Å². The molecule has 4 heteroatoms. The zero-order chi connectivity index (χ0) is 19.3. The molecule has 0 aliphatic carbocycles. The lowest BCUT2D eigenvalue weighted by atomic mass is 10.2. The van der Waals surface area contributed by atoms with Gasteiger partial charge in [-0.3, -0.25) is 0 Å². The summed E-state index contributed by atoms with van der Waals surface area (Å²) in [4.78, 5) is 0. The lowest BCUT2D eigenvalue weighted by molar-refractivity contribution is 0.0720. The molecule has 0 aliphatic rings. The van der Waals surface area contributed by atoms with E-state index >= 15 is 0 Å². The second-order valence-electron chi connectivity index (χ2n) is 4.87. The van der Waals surface area contributed by atoms with Crippen LogP contribution >= 0.6 is 0 Å². The summed E-state index contributed by atoms with van der Waals surface area (Å²) in [6, 6.07) is 0. The molecule has 0 unspecified atom stereocenters. The average molecular weight is 351 g/mol. The van der Waals surface area contributed by atoms with E-state index in [9.17, 15) is 0 Å². The lowest BCUT2D eigenvalue weighted by Crippen LogP contribution is -2.21. The Morgan fingerprint density at radius 1 is 0.667 bits per heavy atom. The molecule has 0 aromatic carbocycles. The quantitative estimate of drug-likeness (QED) is 0.438. The fraction of sp³-hybridized carbons (Fsp3) is 1.00. The maximum absolute atomic E-state index is 5.34. The van der Waals surface area contributed by atoms with Gasteiger partial charge in [0.15, 0.2) is 0 Å². The molecule has 0 aromatic heterocycles. The van der Waals surface area contributed by atoms with Gasteiger partial charge in [-0.25, -0.2) is 0 Å². The zero-order valence-electron chi connectivity index (χ0n) is 18.3. The smallest absolute Gasteiger partial charge is 0.0700 e. The van der Waals surface area contributed by atoms with Crippen LogP contribution in [0.1, 0.15) is 80.1 Å². The van der Waals surface area contributed by atoms with Crippen molar-refractivity contribution in [3.8, 4) is 0 Å². The number of unbranched alkanes of at least 4 members (excludes halogenated alkanes) is 4. The maximum atomic E-state index is 5.34. The van der Waals surface area contributed by atoms with Gasteiger partial charge in [-0.1, -0.05) is 67.2 Å². The van der Waals surface area contributed by atoms with Gasteiger partial charge in [0.05, 0.1) is 19.8 Å². The van der Waals surface area contributed by atoms with E-state index in [1.807, 2.05) is 34.7 Å². The van der Waals surface area contributed by atoms with Crippen LogP contribution in [-0.4, -0.2) is 53.6 Å². The number of rotatable bonds is 14. The molecular formula is C20H50N2O2. The Morgan fingerprint density at radius 3 is 1.67 bits per heavy atom. The van der Waals surface area contributed by atoms with E-state index in [1.165, 1.54) is 38.5 Å². The molecule has 0 bridgehead atoms. The highest BCUT2D eigenvalue weighted by molar-refractivity contribution is 4.50. The molecule has 24 heavy (non-hydrogen) atoms. The molecule has 0 atom stereocenters. The molecule has 0 saturated heterocycles. The third-order valence-corrected chi connectivity index (χ3v) is 2.89. The summed E-state index contributed by atoms with van der Waals surface area (Å²) in [5.41, 5.74) is 0. The molecule has 0 rings (SSSR count). The monoisotopic (exact) mass is 350 g/mol. The van der Waals surface area contributed by atoms with Crippen LogP contribution < -0.4 is 10.6 Å². The van der Waals surface area contributed by atoms with E-state index in [0.29, 0.717) is 13.2 Å². The maximum Gasteiger partial charge on any atom is 0.0700 e. The summed E-state index contributed by atoms with van der Waals surface area (Å²) in [7, 11) is 3.70. The summed E-state index contributed by atoms with van der Waals surface area (Å²) < 4.78 is 10.2. The van der Waals surface area contributed by atoms with Crippen molar-refractivity contribution in [1.82, 2.24) is 10.6 Å². The normalized spacial score (nSPS) is 9.00. The van der Waals surface area contributed by atoms with Crippen LogP contribution in [0.3, 0.4) is 0 Å². The van der Waals surface area contributed by atoms with E-state index in [0.717, 1.165) is 26.2 Å². The van der Waals surface area contributed by atoms with Gasteiger partial charge in [-0.15, -0.1) is 0 Å². The minimum Gasteiger partial charge on any atom is -0.382 e. The molecule has 0 aliphatic heterocycles. The van der Waals surface area contributed by atoms with Crippen molar-refractivity contribution in [2.75, 3.05) is 53.6 Å². The number of methoxy groups -OCH3 is 1. The Hall–Kier alpha value is -0.160. The van der Waals surface area contributed by atoms with Crippen LogP contribution in [-0.2, 0) is 9.47 Å². The van der Waals surface area contributed by atoms with Crippen LogP contribution in [0.15, 0.2) is 0 Å². The Labute approximate surface area is 154 Å². The van der Waals surface area contributed by atoms with Gasteiger partial charge in [-0.2, -0.15) is 0 Å². The minimum atomic E-state index is 0.686. The van der Waals surface area contributed by atoms with Crippen molar-refractivity contribution >= 4 is 0 Å². The predicted octanol–water partition coefficient (Wildman–Crippen LogP) is 4.88. The fourth-order valence-electron chi connectivity index (χ4n) is 1.42. The van der Waals surface area contributed by atoms with Gasteiger partial charge in [-0.05, 0) is 33.0 Å². The van der Waals surface area contributed by atoms with Crippen LogP contribution in [0, 0.1) is 0 Å². The first kappa shape index (κ1) is 31.6. The van der Waals surface area contributed by atoms with E-state index < -0.39 is 0 Å². The molecule has 0 aromatic rings. The van der Waals surface area contributed by atoms with E-state index in [1.54, 1.807) is 7.11 Å². The van der Waals surface area contributed by atoms with Crippen LogP contribution in [0.25, 0.3) is 0 Å². The highest BCUT2D eigenvalue weighted by Crippen LogP contribution is 1.97. The standard InChI is InChI=1S/C12H28N2O2.C4H10.2C2H6/c1-13-7-5-3-4-6-8-14-9-10-16-12-11-15-2;1-3-4-2;2*1-2/h13-14H,3-12H2,1-2H3;3-4H2,1-2H3;2*1-2H3. The number of nitrogens with one attached hydrogen (secondary N) is 2. The summed E-state index contributed by atoms with van der Waals surface area (Å²) in [6.45, 7) is 17.7. The number of ether oxygens (including phenoxy) is 2. The first-order chi connectivity index (χ1) is 11.8. The van der Waals surface area contributed by atoms with Gasteiger partial charge >= 0.3 is 0 Å². The Kier molecular flexibility index (Phi) is 57.2. The molecule has 0 spiro atoms. The van der Waals surface area contributed by atoms with Gasteiger partial charge in [0.2, 0.25) is 0 Å². The van der Waals surface area contributed by atoms with E-state index in [-0.39, 0.29) is 0 Å². The molecule has 0 heterocycles. The first-order valence-electron chi connectivity index (χ1n) is 10.2. The zero-order valence-corrected chi connectivity index (χ0v) is 18.3. The largest absolute Gasteiger partial charge is 0.382 e. The van der Waals surface area contributed by atoms with Crippen molar-refractivity contribution in [3.63, 3.8) is 0 Å². The van der Waals surface area contributed by atoms with Gasteiger partial charge in [0.25, 0.3) is 0 Å². The second-order valence-corrected chi connectivity index (χ2v) is 4.87. The highest BCUT2D eigenvalue weighted by atomic mass is 16.5. The average Bonchev–Trinajstić information content (AvgIpc) is 2.66. The SMILES string of the molecule is CC.CC.CCCC.CNCCCCCCNCCOCCOC. The predicted molar refractivity (Wildman–Crippen MR) is 111 cm³/mol. The fourth-order valence-corrected chi connectivity index (χ4v) is 1.42. The second kappa shape index (κ2) is 43.4. The molecule has 0 amide bonds. The van der Waals surface area contributed by atoms with Crippen molar-refractivity contribution in [1.29, 1.82) is 0 Å². The molecule has 0 fully saturated rings. The van der Waals surface area contributed by atoms with Crippen molar-refractivity contribution in [2.24, 2.45) is 0 Å². The van der Waals surface area contributed by atoms with Crippen molar-refractivity contribution in [2.45, 2.75) is 80.1 Å². The molecule has 0 saturated carbocycles. The Morgan fingerprint density at radius 2 is 1.21 bits per heavy atom. The summed E-state index contributed by atoms with van der Waals surface area (Å²) in [5, 5.41) is 6.53. The van der Waals surface area contributed by atoms with Gasteiger partial charge in [0.1, 0.15) is 0 Å². The lowest BCUT2D eigenvalue weighted by Gasteiger charge is -2.05. The Bertz CT molecular complexity index is 132. The van der Waals surface area contributed by atoms with Gasteiger partial charge < -0.3 is 20.1 Å². The number of hydrogen-bond donors (Lipinski definition) is 2. The van der Waals surface area contributed by atoms with Crippen LogP contribution in [0.4, 0.5) is 0 Å². The van der Waals surface area contributed by atoms with E-state index in [2.05, 4.69) is 24.5 Å². The molecule has 2 N–H and O–H groups in total. The van der Waals surface area contributed by atoms with Crippen molar-refractivity contribution in [3.05, 3.63) is 0 Å². The highest BCUT2D eigenvalue weighted by Gasteiger charge is 1.91. The minimum absolute atomic E-state index is 0.686. The van der Waals surface area contributed by atoms with Crippen LogP contribution in [0.2, 0.25) is 0 Å².